The number of amides is 1. The Morgan fingerprint density at radius 2 is 2.03 bits per heavy atom. The molecule has 1 aliphatic rings. The summed E-state index contributed by atoms with van der Waals surface area (Å²) in [6.45, 7) is 1.98. The van der Waals surface area contributed by atoms with Crippen LogP contribution in [0.15, 0.2) is 29.4 Å². The Labute approximate surface area is 182 Å². The summed E-state index contributed by atoms with van der Waals surface area (Å²) in [7, 11) is 1.56. The SMILES string of the molecule is COc1ccc(NC(=O)c2cc3c(N4CCCCC4)nc(SC)nc3s2)cc1Cl. The van der Waals surface area contributed by atoms with Crippen LogP contribution in [0, 0.1) is 0 Å². The molecular weight excluding hydrogens is 428 g/mol. The first-order valence-electron chi connectivity index (χ1n) is 9.34. The number of fused-ring (bicyclic) bond motifs is 1. The molecule has 1 aromatic carbocycles. The van der Waals surface area contributed by atoms with Gasteiger partial charge in [-0.05, 0) is 49.8 Å². The summed E-state index contributed by atoms with van der Waals surface area (Å²) in [5.74, 6) is 1.31. The minimum atomic E-state index is -0.190. The summed E-state index contributed by atoms with van der Waals surface area (Å²) < 4.78 is 5.16. The molecule has 0 radical (unpaired) electrons. The molecule has 0 aliphatic carbocycles. The van der Waals surface area contributed by atoms with Gasteiger partial charge in [-0.25, -0.2) is 9.97 Å². The highest BCUT2D eigenvalue weighted by atomic mass is 35.5. The fourth-order valence-electron chi connectivity index (χ4n) is 3.37. The van der Waals surface area contributed by atoms with Gasteiger partial charge in [-0.1, -0.05) is 23.4 Å². The molecule has 1 saturated heterocycles. The number of nitrogens with one attached hydrogen (secondary N) is 1. The molecule has 1 amide bonds. The van der Waals surface area contributed by atoms with Crippen molar-refractivity contribution < 1.29 is 9.53 Å². The van der Waals surface area contributed by atoms with Gasteiger partial charge in [-0.15, -0.1) is 11.3 Å². The molecule has 0 atom stereocenters. The minimum Gasteiger partial charge on any atom is -0.495 e. The monoisotopic (exact) mass is 448 g/mol. The van der Waals surface area contributed by atoms with Crippen molar-refractivity contribution in [2.24, 2.45) is 0 Å². The van der Waals surface area contributed by atoms with Gasteiger partial charge in [0.2, 0.25) is 0 Å². The summed E-state index contributed by atoms with van der Waals surface area (Å²) in [5.41, 5.74) is 0.616. The first kappa shape index (κ1) is 20.3. The summed E-state index contributed by atoms with van der Waals surface area (Å²) in [4.78, 5) is 26.0. The summed E-state index contributed by atoms with van der Waals surface area (Å²) in [6, 6.07) is 7.07. The molecule has 0 bridgehead atoms. The third-order valence-corrected chi connectivity index (χ3v) is 6.69. The number of methoxy groups -OCH3 is 1. The number of ether oxygens (including phenoxy) is 1. The maximum absolute atomic E-state index is 12.8. The number of rotatable bonds is 5. The van der Waals surface area contributed by atoms with Gasteiger partial charge >= 0.3 is 0 Å². The van der Waals surface area contributed by atoms with Gasteiger partial charge in [-0.3, -0.25) is 4.79 Å². The van der Waals surface area contributed by atoms with E-state index in [9.17, 15) is 4.79 Å². The Hall–Kier alpha value is -2.03. The predicted molar refractivity (Wildman–Crippen MR) is 121 cm³/mol. The van der Waals surface area contributed by atoms with Crippen molar-refractivity contribution in [2.75, 3.05) is 36.7 Å². The molecule has 2 aromatic heterocycles. The van der Waals surface area contributed by atoms with Crippen LogP contribution in [-0.4, -0.2) is 42.3 Å². The van der Waals surface area contributed by atoms with Crippen molar-refractivity contribution >= 4 is 62.3 Å². The van der Waals surface area contributed by atoms with Crippen LogP contribution in [0.2, 0.25) is 5.02 Å². The first-order chi connectivity index (χ1) is 14.1. The van der Waals surface area contributed by atoms with Crippen LogP contribution in [0.25, 0.3) is 10.2 Å². The Morgan fingerprint density at radius 1 is 1.24 bits per heavy atom. The first-order valence-corrected chi connectivity index (χ1v) is 11.8. The van der Waals surface area contributed by atoms with Gasteiger partial charge in [-0.2, -0.15) is 0 Å². The van der Waals surface area contributed by atoms with Crippen molar-refractivity contribution in [1.29, 1.82) is 0 Å². The number of hydrogen-bond donors (Lipinski definition) is 1. The molecular formula is C20H21ClN4O2S2. The Kier molecular flexibility index (Phi) is 6.12. The van der Waals surface area contributed by atoms with E-state index in [1.165, 1.54) is 29.5 Å². The van der Waals surface area contributed by atoms with E-state index in [0.29, 0.717) is 21.3 Å². The number of halogens is 1. The van der Waals surface area contributed by atoms with Crippen LogP contribution < -0.4 is 15.0 Å². The van der Waals surface area contributed by atoms with Crippen molar-refractivity contribution in [2.45, 2.75) is 24.4 Å². The third-order valence-electron chi connectivity index (χ3n) is 4.82. The number of nitrogens with zero attached hydrogens (tertiary/aromatic N) is 3. The van der Waals surface area contributed by atoms with Crippen molar-refractivity contribution in [3.05, 3.63) is 34.2 Å². The standard InChI is InChI=1S/C20H21ClN4O2S2/c1-27-15-7-6-12(10-14(15)21)22-18(26)16-11-13-17(25-8-4-3-5-9-25)23-20(28-2)24-19(13)29-16/h6-7,10-11H,3-5,8-9H2,1-2H3,(H,22,26). The fraction of sp³-hybridized carbons (Fsp3) is 0.350. The molecule has 1 aliphatic heterocycles. The zero-order valence-corrected chi connectivity index (χ0v) is 18.6. The zero-order chi connectivity index (χ0) is 20.4. The number of carbonyl (C=O) groups is 1. The molecule has 1 fully saturated rings. The molecule has 0 spiro atoms. The van der Waals surface area contributed by atoms with E-state index in [0.717, 1.165) is 47.1 Å². The molecule has 9 heteroatoms. The number of piperidine rings is 1. The van der Waals surface area contributed by atoms with E-state index < -0.39 is 0 Å². The lowest BCUT2D eigenvalue weighted by Gasteiger charge is -2.28. The van der Waals surface area contributed by atoms with Gasteiger partial charge in [0.05, 0.1) is 22.4 Å². The normalized spacial score (nSPS) is 14.2. The van der Waals surface area contributed by atoms with E-state index in [1.54, 1.807) is 25.3 Å². The van der Waals surface area contributed by atoms with Crippen LogP contribution in [0.1, 0.15) is 28.9 Å². The van der Waals surface area contributed by atoms with Crippen LogP contribution in [0.5, 0.6) is 5.75 Å². The molecule has 1 N–H and O–H groups in total. The molecule has 4 rings (SSSR count). The van der Waals surface area contributed by atoms with E-state index in [2.05, 4.69) is 15.2 Å². The maximum Gasteiger partial charge on any atom is 0.265 e. The quantitative estimate of drug-likeness (QED) is 0.421. The predicted octanol–water partition coefficient (Wildman–Crippen LogP) is 5.32. The van der Waals surface area contributed by atoms with E-state index >= 15 is 0 Å². The Morgan fingerprint density at radius 3 is 2.72 bits per heavy atom. The molecule has 0 unspecified atom stereocenters. The lowest BCUT2D eigenvalue weighted by molar-refractivity contribution is 0.103. The number of carbonyl (C=O) groups excluding carboxylic acids is 1. The average Bonchev–Trinajstić information content (AvgIpc) is 3.18. The van der Waals surface area contributed by atoms with Crippen molar-refractivity contribution in [3.8, 4) is 5.75 Å². The summed E-state index contributed by atoms with van der Waals surface area (Å²) in [6.07, 6.45) is 5.54. The largest absolute Gasteiger partial charge is 0.495 e. The second kappa shape index (κ2) is 8.77. The topological polar surface area (TPSA) is 67.3 Å². The van der Waals surface area contributed by atoms with E-state index in [1.807, 2.05) is 12.3 Å². The van der Waals surface area contributed by atoms with Crippen molar-refractivity contribution in [3.63, 3.8) is 0 Å². The smallest absolute Gasteiger partial charge is 0.265 e. The van der Waals surface area contributed by atoms with E-state index in [-0.39, 0.29) is 5.91 Å². The van der Waals surface area contributed by atoms with E-state index in [4.69, 9.17) is 21.3 Å². The average molecular weight is 449 g/mol. The summed E-state index contributed by atoms with van der Waals surface area (Å²) >= 11 is 9.06. The second-order valence-corrected chi connectivity index (χ2v) is 8.93. The zero-order valence-electron chi connectivity index (χ0n) is 16.2. The highest BCUT2D eigenvalue weighted by Crippen LogP contribution is 2.34. The lowest BCUT2D eigenvalue weighted by atomic mass is 10.1. The lowest BCUT2D eigenvalue weighted by Crippen LogP contribution is -2.30. The Balaban J connectivity index is 1.65. The van der Waals surface area contributed by atoms with Gasteiger partial charge in [0.25, 0.3) is 5.91 Å². The van der Waals surface area contributed by atoms with Gasteiger partial charge in [0.15, 0.2) is 5.16 Å². The highest BCUT2D eigenvalue weighted by Gasteiger charge is 2.21. The molecule has 0 saturated carbocycles. The number of thiophene rings is 1. The minimum absolute atomic E-state index is 0.190. The molecule has 29 heavy (non-hydrogen) atoms. The summed E-state index contributed by atoms with van der Waals surface area (Å²) in [5, 5.41) is 5.02. The van der Waals surface area contributed by atoms with Gasteiger partial charge in [0.1, 0.15) is 16.4 Å². The number of thioether (sulfide) groups is 1. The maximum atomic E-state index is 12.8. The molecule has 3 heterocycles. The van der Waals surface area contributed by atoms with Crippen LogP contribution in [0.4, 0.5) is 11.5 Å². The number of aromatic nitrogens is 2. The molecule has 6 nitrogen and oxygen atoms in total. The van der Waals surface area contributed by atoms with Crippen LogP contribution in [-0.2, 0) is 0 Å². The number of anilines is 2. The highest BCUT2D eigenvalue weighted by molar-refractivity contribution is 7.98. The molecule has 3 aromatic rings. The molecule has 152 valence electrons. The van der Waals surface area contributed by atoms with Gasteiger partial charge in [0, 0.05) is 18.8 Å². The number of benzene rings is 1. The van der Waals surface area contributed by atoms with Gasteiger partial charge < -0.3 is 15.0 Å². The second-order valence-electron chi connectivity index (χ2n) is 6.71. The van der Waals surface area contributed by atoms with Crippen LogP contribution >= 0.6 is 34.7 Å². The Bertz CT molecular complexity index is 1050. The van der Waals surface area contributed by atoms with Crippen LogP contribution in [0.3, 0.4) is 0 Å². The third kappa shape index (κ3) is 4.29. The van der Waals surface area contributed by atoms with Crippen molar-refractivity contribution in [1.82, 2.24) is 9.97 Å². The fourth-order valence-corrected chi connectivity index (χ4v) is 4.97. The number of hydrogen-bond acceptors (Lipinski definition) is 7.